The molecule has 0 atom stereocenters. The van der Waals surface area contributed by atoms with Gasteiger partial charge in [0.15, 0.2) is 5.76 Å². The van der Waals surface area contributed by atoms with E-state index in [1.54, 1.807) is 37.5 Å². The molecule has 0 amide bonds. The lowest BCUT2D eigenvalue weighted by Crippen LogP contribution is -2.22. The van der Waals surface area contributed by atoms with Gasteiger partial charge < -0.3 is 14.2 Å². The van der Waals surface area contributed by atoms with Crippen LogP contribution in [0.2, 0.25) is 0 Å². The molecule has 1 aliphatic heterocycles. The summed E-state index contributed by atoms with van der Waals surface area (Å²) in [5.74, 6) is 1.36. The number of ether oxygens (including phenoxy) is 3. The first-order valence-corrected chi connectivity index (χ1v) is 10.3. The summed E-state index contributed by atoms with van der Waals surface area (Å²) in [4.78, 5) is 24.9. The number of methoxy groups -OCH3 is 1. The zero-order chi connectivity index (χ0) is 20.9. The molecule has 2 aliphatic rings. The number of Topliss-reactive ketones (excluding diaryl/α,β-unsaturated/α-hetero) is 1. The van der Waals surface area contributed by atoms with Crippen molar-refractivity contribution in [2.45, 2.75) is 32.1 Å². The lowest BCUT2D eigenvalue weighted by atomic mass is 9.89. The molecule has 0 aromatic heterocycles. The standard InChI is InChI=1S/C25H24O5/c1-28-21-12-6-5-8-17(21)11-7-13-22-24(26)20-15-14-19(16-23(20)30-22)29-25(27)18-9-3-2-4-10-18/h5-8,11-16,18H,2-4,9-10H2,1H3/b11-7+,22-13-. The summed E-state index contributed by atoms with van der Waals surface area (Å²) in [6.45, 7) is 0. The van der Waals surface area contributed by atoms with Crippen molar-refractivity contribution >= 4 is 17.8 Å². The smallest absolute Gasteiger partial charge is 0.314 e. The first kappa shape index (κ1) is 20.0. The van der Waals surface area contributed by atoms with Crippen LogP contribution in [-0.2, 0) is 4.79 Å². The van der Waals surface area contributed by atoms with Crippen molar-refractivity contribution in [3.63, 3.8) is 0 Å². The van der Waals surface area contributed by atoms with Crippen molar-refractivity contribution in [2.75, 3.05) is 7.11 Å². The molecule has 4 rings (SSSR count). The van der Waals surface area contributed by atoms with Gasteiger partial charge in [0.25, 0.3) is 0 Å². The molecule has 30 heavy (non-hydrogen) atoms. The van der Waals surface area contributed by atoms with Crippen LogP contribution in [0, 0.1) is 5.92 Å². The predicted molar refractivity (Wildman–Crippen MR) is 114 cm³/mol. The van der Waals surface area contributed by atoms with E-state index in [-0.39, 0.29) is 23.4 Å². The average molecular weight is 404 g/mol. The molecule has 0 radical (unpaired) electrons. The Hall–Kier alpha value is -3.34. The Morgan fingerprint density at radius 1 is 1.10 bits per heavy atom. The number of carbonyl (C=O) groups excluding carboxylic acids is 2. The van der Waals surface area contributed by atoms with Gasteiger partial charge in [0, 0.05) is 11.6 Å². The van der Waals surface area contributed by atoms with E-state index in [0.717, 1.165) is 37.0 Å². The lowest BCUT2D eigenvalue weighted by Gasteiger charge is -2.19. The number of benzene rings is 2. The summed E-state index contributed by atoms with van der Waals surface area (Å²) in [5, 5.41) is 0. The molecular weight excluding hydrogens is 380 g/mol. The number of hydrogen-bond acceptors (Lipinski definition) is 5. The highest BCUT2D eigenvalue weighted by Crippen LogP contribution is 2.35. The molecule has 1 fully saturated rings. The summed E-state index contributed by atoms with van der Waals surface area (Å²) in [6.07, 6.45) is 10.3. The van der Waals surface area contributed by atoms with Crippen LogP contribution in [0.4, 0.5) is 0 Å². The van der Waals surface area contributed by atoms with Gasteiger partial charge >= 0.3 is 5.97 Å². The van der Waals surface area contributed by atoms with Crippen LogP contribution in [0.15, 0.2) is 60.4 Å². The maximum Gasteiger partial charge on any atom is 0.314 e. The number of rotatable bonds is 5. The van der Waals surface area contributed by atoms with Crippen molar-refractivity contribution in [2.24, 2.45) is 5.92 Å². The SMILES string of the molecule is COc1ccccc1/C=C/C=C1\Oc2cc(OC(=O)C3CCCCC3)ccc2C1=O. The van der Waals surface area contributed by atoms with E-state index in [0.29, 0.717) is 17.1 Å². The van der Waals surface area contributed by atoms with Gasteiger partial charge in [0.1, 0.15) is 17.2 Å². The Labute approximate surface area is 176 Å². The van der Waals surface area contributed by atoms with Crippen LogP contribution < -0.4 is 14.2 Å². The maximum absolute atomic E-state index is 12.6. The van der Waals surface area contributed by atoms with Crippen molar-refractivity contribution in [3.05, 3.63) is 71.5 Å². The first-order valence-electron chi connectivity index (χ1n) is 10.3. The minimum absolute atomic E-state index is 0.0369. The zero-order valence-corrected chi connectivity index (χ0v) is 16.9. The van der Waals surface area contributed by atoms with Gasteiger partial charge in [-0.15, -0.1) is 0 Å². The number of para-hydroxylation sites is 1. The third-order valence-corrected chi connectivity index (χ3v) is 5.46. The molecule has 0 spiro atoms. The van der Waals surface area contributed by atoms with Gasteiger partial charge in [0.05, 0.1) is 18.6 Å². The molecule has 1 heterocycles. The molecule has 0 N–H and O–H groups in total. The molecule has 1 aliphatic carbocycles. The van der Waals surface area contributed by atoms with E-state index < -0.39 is 0 Å². The minimum atomic E-state index is -0.200. The molecule has 5 heteroatoms. The number of fused-ring (bicyclic) bond motifs is 1. The summed E-state index contributed by atoms with van der Waals surface area (Å²) < 4.78 is 16.6. The minimum Gasteiger partial charge on any atom is -0.496 e. The summed E-state index contributed by atoms with van der Waals surface area (Å²) in [5.41, 5.74) is 1.36. The largest absolute Gasteiger partial charge is 0.496 e. The van der Waals surface area contributed by atoms with E-state index in [4.69, 9.17) is 14.2 Å². The van der Waals surface area contributed by atoms with Crippen molar-refractivity contribution in [1.29, 1.82) is 0 Å². The second-order valence-corrected chi connectivity index (χ2v) is 7.48. The molecule has 0 bridgehead atoms. The van der Waals surface area contributed by atoms with Crippen LogP contribution in [0.25, 0.3) is 6.08 Å². The Balaban J connectivity index is 1.45. The molecule has 2 aromatic carbocycles. The van der Waals surface area contributed by atoms with Gasteiger partial charge in [0.2, 0.25) is 5.78 Å². The Morgan fingerprint density at radius 2 is 1.90 bits per heavy atom. The number of carbonyl (C=O) groups is 2. The fourth-order valence-corrected chi connectivity index (χ4v) is 3.83. The zero-order valence-electron chi connectivity index (χ0n) is 16.9. The van der Waals surface area contributed by atoms with Gasteiger partial charge in [-0.05, 0) is 37.1 Å². The summed E-state index contributed by atoms with van der Waals surface area (Å²) in [7, 11) is 1.62. The van der Waals surface area contributed by atoms with E-state index in [2.05, 4.69) is 0 Å². The van der Waals surface area contributed by atoms with Crippen molar-refractivity contribution in [1.82, 2.24) is 0 Å². The topological polar surface area (TPSA) is 61.8 Å². The highest BCUT2D eigenvalue weighted by Gasteiger charge is 2.28. The van der Waals surface area contributed by atoms with Crippen molar-refractivity contribution in [3.8, 4) is 17.2 Å². The van der Waals surface area contributed by atoms with Gasteiger partial charge in [-0.1, -0.05) is 49.6 Å². The van der Waals surface area contributed by atoms with E-state index >= 15 is 0 Å². The first-order chi connectivity index (χ1) is 14.7. The molecular formula is C25H24O5. The number of hydrogen-bond donors (Lipinski definition) is 0. The average Bonchev–Trinajstić information content (AvgIpc) is 3.09. The number of esters is 1. The third kappa shape index (κ3) is 4.30. The van der Waals surface area contributed by atoms with Gasteiger partial charge in [-0.3, -0.25) is 9.59 Å². The molecule has 0 unspecified atom stereocenters. The summed E-state index contributed by atoms with van der Waals surface area (Å²) >= 11 is 0. The maximum atomic E-state index is 12.6. The second kappa shape index (κ2) is 8.99. The van der Waals surface area contributed by atoms with Gasteiger partial charge in [-0.2, -0.15) is 0 Å². The van der Waals surface area contributed by atoms with Gasteiger partial charge in [-0.25, -0.2) is 0 Å². The highest BCUT2D eigenvalue weighted by atomic mass is 16.5. The van der Waals surface area contributed by atoms with E-state index in [9.17, 15) is 9.59 Å². The monoisotopic (exact) mass is 404 g/mol. The molecule has 5 nitrogen and oxygen atoms in total. The Kier molecular flexibility index (Phi) is 5.98. The van der Waals surface area contributed by atoms with Crippen molar-refractivity contribution < 1.29 is 23.8 Å². The van der Waals surface area contributed by atoms with E-state index in [1.165, 1.54) is 6.42 Å². The van der Waals surface area contributed by atoms with E-state index in [1.807, 2.05) is 30.3 Å². The molecule has 1 saturated carbocycles. The normalized spacial score (nSPS) is 17.8. The van der Waals surface area contributed by atoms with Crippen LogP contribution in [0.5, 0.6) is 17.2 Å². The number of allylic oxidation sites excluding steroid dienone is 3. The van der Waals surface area contributed by atoms with Crippen LogP contribution >= 0.6 is 0 Å². The number of ketones is 1. The fourth-order valence-electron chi connectivity index (χ4n) is 3.83. The predicted octanol–water partition coefficient (Wildman–Crippen LogP) is 5.35. The Bertz CT molecular complexity index is 1010. The quantitative estimate of drug-likeness (QED) is 0.382. The Morgan fingerprint density at radius 3 is 2.70 bits per heavy atom. The fraction of sp³-hybridized carbons (Fsp3) is 0.280. The molecule has 154 valence electrons. The van der Waals surface area contributed by atoms with Crippen LogP contribution in [0.3, 0.4) is 0 Å². The highest BCUT2D eigenvalue weighted by molar-refractivity contribution is 6.12. The van der Waals surface area contributed by atoms with Crippen LogP contribution in [-0.4, -0.2) is 18.9 Å². The third-order valence-electron chi connectivity index (χ3n) is 5.46. The summed E-state index contributed by atoms with van der Waals surface area (Å²) in [6, 6.07) is 12.5. The second-order valence-electron chi connectivity index (χ2n) is 7.48. The molecule has 2 aromatic rings. The lowest BCUT2D eigenvalue weighted by molar-refractivity contribution is -0.139. The van der Waals surface area contributed by atoms with Crippen LogP contribution in [0.1, 0.15) is 48.0 Å². The molecule has 0 saturated heterocycles.